The van der Waals surface area contributed by atoms with Gasteiger partial charge >= 0.3 is 6.09 Å². The van der Waals surface area contributed by atoms with Gasteiger partial charge in [-0.1, -0.05) is 139 Å². The van der Waals surface area contributed by atoms with Gasteiger partial charge < -0.3 is 23.8 Å². The van der Waals surface area contributed by atoms with Crippen LogP contribution in [0.5, 0.6) is 0 Å². The molecule has 0 aromatic heterocycles. The smallest absolute Gasteiger partial charge is 0.410 e. The molecule has 0 saturated heterocycles. The molecule has 4 saturated carbocycles. The summed E-state index contributed by atoms with van der Waals surface area (Å²) in [4.78, 5) is 16.0. The van der Waals surface area contributed by atoms with Crippen LogP contribution in [0.1, 0.15) is 173 Å². The number of fused-ring (bicyclic) bond motifs is 5. The Labute approximate surface area is 471 Å². The van der Waals surface area contributed by atoms with Crippen molar-refractivity contribution in [3.8, 4) is 0 Å². The molecule has 78 heavy (non-hydrogen) atoms. The number of benzene rings is 3. The third-order valence-corrected chi connectivity index (χ3v) is 21.6. The molecule has 7 rings (SSSR count). The maximum Gasteiger partial charge on any atom is 0.410 e. The zero-order chi connectivity index (χ0) is 55.8. The summed E-state index contributed by atoms with van der Waals surface area (Å²) in [6.07, 6.45) is 18.9. The SMILES string of the molecule is CCCCCCCCN(CCCC(C)[C@H]1CC[C@H]2C3C(OCCCOS(=O)(=O)c4ccc(C)cc4)C[C@@H]4C[C@H](OCCCOS(=O)(=O)c5ccc(C)cc5)CC[C@]4(C)[C@H]3C[C@H](OCCCC)[C@]12C)C(=O)OCc1ccccc1. The zero-order valence-corrected chi connectivity index (χ0v) is 50.2. The summed E-state index contributed by atoms with van der Waals surface area (Å²) in [7, 11) is -7.75. The fourth-order valence-electron chi connectivity index (χ4n) is 14.5. The Morgan fingerprint density at radius 2 is 1.22 bits per heavy atom. The molecule has 0 N–H and O–H groups in total. The molecular formula is C64H97NO11S2. The van der Waals surface area contributed by atoms with Gasteiger partial charge in [0.05, 0.1) is 41.3 Å². The van der Waals surface area contributed by atoms with Gasteiger partial charge in [-0.15, -0.1) is 0 Å². The monoisotopic (exact) mass is 1120 g/mol. The molecule has 4 aliphatic carbocycles. The highest BCUT2D eigenvalue weighted by molar-refractivity contribution is 7.87. The summed E-state index contributed by atoms with van der Waals surface area (Å²) >= 11 is 0. The molecule has 3 unspecified atom stereocenters. The van der Waals surface area contributed by atoms with Crippen LogP contribution in [0.15, 0.2) is 88.7 Å². The van der Waals surface area contributed by atoms with E-state index in [4.69, 9.17) is 27.3 Å². The lowest BCUT2D eigenvalue weighted by Crippen LogP contribution is -2.63. The van der Waals surface area contributed by atoms with E-state index in [1.54, 1.807) is 48.5 Å². The Hall–Kier alpha value is -3.37. The van der Waals surface area contributed by atoms with Crippen LogP contribution in [-0.2, 0) is 54.2 Å². The third-order valence-electron chi connectivity index (χ3n) is 19.0. The predicted octanol–water partition coefficient (Wildman–Crippen LogP) is 14.4. The summed E-state index contributed by atoms with van der Waals surface area (Å²) in [6, 6.07) is 23.4. The van der Waals surface area contributed by atoms with Crippen molar-refractivity contribution in [2.24, 2.45) is 46.3 Å². The van der Waals surface area contributed by atoms with E-state index in [-0.39, 0.29) is 64.8 Å². The molecule has 4 fully saturated rings. The molecule has 436 valence electrons. The fraction of sp³-hybridized carbons (Fsp3) is 0.703. The Balaban J connectivity index is 1.04. The van der Waals surface area contributed by atoms with Gasteiger partial charge in [0.1, 0.15) is 6.61 Å². The number of hydrogen-bond donors (Lipinski definition) is 0. The van der Waals surface area contributed by atoms with Crippen LogP contribution < -0.4 is 0 Å². The second-order valence-corrected chi connectivity index (χ2v) is 27.4. The number of carbonyl (C=O) groups excluding carboxylic acids is 1. The van der Waals surface area contributed by atoms with Crippen molar-refractivity contribution in [2.75, 3.05) is 46.1 Å². The first kappa shape index (κ1) is 62.2. The van der Waals surface area contributed by atoms with E-state index in [0.29, 0.717) is 74.7 Å². The quantitative estimate of drug-likeness (QED) is 0.0435. The van der Waals surface area contributed by atoms with Gasteiger partial charge in [0.2, 0.25) is 0 Å². The first-order chi connectivity index (χ1) is 37.5. The van der Waals surface area contributed by atoms with Crippen molar-refractivity contribution in [3.05, 3.63) is 95.6 Å². The van der Waals surface area contributed by atoms with Gasteiger partial charge in [-0.05, 0) is 168 Å². The molecule has 12 nitrogen and oxygen atoms in total. The van der Waals surface area contributed by atoms with Crippen LogP contribution in [-0.4, -0.2) is 92.3 Å². The highest BCUT2D eigenvalue weighted by atomic mass is 32.2. The Morgan fingerprint density at radius 1 is 0.628 bits per heavy atom. The molecule has 0 aliphatic heterocycles. The largest absolute Gasteiger partial charge is 0.445 e. The minimum Gasteiger partial charge on any atom is -0.445 e. The van der Waals surface area contributed by atoms with Gasteiger partial charge in [0.15, 0.2) is 0 Å². The van der Waals surface area contributed by atoms with Crippen LogP contribution in [0.25, 0.3) is 0 Å². The van der Waals surface area contributed by atoms with E-state index < -0.39 is 20.2 Å². The first-order valence-corrected chi connectivity index (χ1v) is 33.0. The van der Waals surface area contributed by atoms with Crippen molar-refractivity contribution in [1.29, 1.82) is 0 Å². The van der Waals surface area contributed by atoms with E-state index in [1.807, 2.05) is 49.1 Å². The number of aryl methyl sites for hydroxylation is 2. The van der Waals surface area contributed by atoms with Gasteiger partial charge in [-0.25, -0.2) is 4.79 Å². The van der Waals surface area contributed by atoms with Gasteiger partial charge in [-0.3, -0.25) is 8.37 Å². The van der Waals surface area contributed by atoms with Crippen LogP contribution in [0.3, 0.4) is 0 Å². The number of amides is 1. The predicted molar refractivity (Wildman–Crippen MR) is 308 cm³/mol. The molecule has 4 aliphatic rings. The molecule has 0 radical (unpaired) electrons. The second kappa shape index (κ2) is 29.6. The lowest BCUT2D eigenvalue weighted by Gasteiger charge is -2.65. The number of ether oxygens (including phenoxy) is 4. The zero-order valence-electron chi connectivity index (χ0n) is 48.5. The molecule has 0 heterocycles. The average molecular weight is 1120 g/mol. The minimum absolute atomic E-state index is 0.0201. The van der Waals surface area contributed by atoms with Gasteiger partial charge in [0.25, 0.3) is 20.2 Å². The van der Waals surface area contributed by atoms with E-state index in [9.17, 15) is 21.6 Å². The molecule has 14 heteroatoms. The van der Waals surface area contributed by atoms with Crippen molar-refractivity contribution in [3.63, 3.8) is 0 Å². The van der Waals surface area contributed by atoms with Gasteiger partial charge in [-0.2, -0.15) is 16.8 Å². The van der Waals surface area contributed by atoms with Crippen molar-refractivity contribution in [2.45, 2.75) is 205 Å². The molecule has 0 spiro atoms. The lowest BCUT2D eigenvalue weighted by atomic mass is 9.43. The Kier molecular flexibility index (Phi) is 23.6. The molecule has 1 amide bonds. The van der Waals surface area contributed by atoms with E-state index in [0.717, 1.165) is 107 Å². The lowest BCUT2D eigenvalue weighted by molar-refractivity contribution is -0.228. The van der Waals surface area contributed by atoms with Crippen LogP contribution in [0, 0.1) is 60.2 Å². The van der Waals surface area contributed by atoms with E-state index >= 15 is 0 Å². The first-order valence-electron chi connectivity index (χ1n) is 30.2. The third kappa shape index (κ3) is 16.2. The fourth-order valence-corrected chi connectivity index (χ4v) is 16.4. The highest BCUT2D eigenvalue weighted by Crippen LogP contribution is 2.69. The number of nitrogens with zero attached hydrogens (tertiary/aromatic N) is 1. The summed E-state index contributed by atoms with van der Waals surface area (Å²) in [6.45, 7) is 19.2. The van der Waals surface area contributed by atoms with Gasteiger partial charge in [0, 0.05) is 38.3 Å². The summed E-state index contributed by atoms with van der Waals surface area (Å²) in [5.41, 5.74) is 2.93. The maximum atomic E-state index is 13.7. The van der Waals surface area contributed by atoms with Crippen molar-refractivity contribution in [1.82, 2.24) is 4.90 Å². The average Bonchev–Trinajstić information content (AvgIpc) is 4.01. The van der Waals surface area contributed by atoms with Crippen molar-refractivity contribution < 1.29 is 48.9 Å². The number of unbranched alkanes of at least 4 members (excludes halogenated alkanes) is 6. The normalized spacial score (nSPS) is 27.4. The maximum absolute atomic E-state index is 13.7. The Morgan fingerprint density at radius 3 is 1.86 bits per heavy atom. The van der Waals surface area contributed by atoms with Crippen molar-refractivity contribution >= 4 is 26.3 Å². The molecular weight excluding hydrogens is 1020 g/mol. The number of carbonyl (C=O) groups is 1. The highest BCUT2D eigenvalue weighted by Gasteiger charge is 2.66. The standard InChI is InChI=1S/C64H97NO11S2/c1-8-10-12-13-14-18-37-65(62(66)74-47-51-23-16-15-17-24-51)38-19-22-50(5)56-33-34-57-61-58(46-60(64(56,57)7)73-39-11-9-2)63(6)36-35-53(71-40-20-42-75-77(67,68)54-29-25-48(3)26-30-54)44-52(63)45-59(61)72-41-21-43-76-78(69,70)55-31-27-49(4)28-32-55/h15-17,23-32,50,52-53,56-61H,8-14,18-22,33-47H2,1-7H3/t50?,52-,53+,56+,57-,58-,59?,60-,61?,63-,64+/m0/s1. The number of hydrogen-bond acceptors (Lipinski definition) is 11. The Bertz CT molecular complexity index is 2490. The van der Waals surface area contributed by atoms with Crippen LogP contribution in [0.2, 0.25) is 0 Å². The molecule has 0 bridgehead atoms. The summed E-state index contributed by atoms with van der Waals surface area (Å²) in [5, 5.41) is 0. The van der Waals surface area contributed by atoms with E-state index in [2.05, 4.69) is 34.6 Å². The van der Waals surface area contributed by atoms with E-state index in [1.165, 1.54) is 25.7 Å². The van der Waals surface area contributed by atoms with Crippen LogP contribution in [0.4, 0.5) is 4.79 Å². The molecule has 11 atom stereocenters. The second-order valence-electron chi connectivity index (χ2n) is 24.2. The molecule has 3 aromatic carbocycles. The summed E-state index contributed by atoms with van der Waals surface area (Å²) in [5.74, 6) is 2.28. The topological polar surface area (TPSA) is 144 Å². The summed E-state index contributed by atoms with van der Waals surface area (Å²) < 4.78 is 89.9. The van der Waals surface area contributed by atoms with Crippen LogP contribution >= 0.6 is 0 Å². The minimum atomic E-state index is -3.90. The molecule has 3 aromatic rings. The number of rotatable bonds is 32.